The Labute approximate surface area is 101 Å². The van der Waals surface area contributed by atoms with Crippen LogP contribution in [0.25, 0.3) is 0 Å². The highest BCUT2D eigenvalue weighted by atomic mass is 16.5. The molecule has 0 atom stereocenters. The van der Waals surface area contributed by atoms with E-state index in [9.17, 15) is 4.79 Å². The van der Waals surface area contributed by atoms with Crippen LogP contribution in [0.5, 0.6) is 0 Å². The molecule has 0 heterocycles. The number of hydrogen-bond acceptors (Lipinski definition) is 3. The fourth-order valence-corrected chi connectivity index (χ4v) is 1.46. The summed E-state index contributed by atoms with van der Waals surface area (Å²) in [7, 11) is 3.40. The lowest BCUT2D eigenvalue weighted by Crippen LogP contribution is -2.28. The second-order valence-corrected chi connectivity index (χ2v) is 3.76. The molecule has 0 fully saturated rings. The summed E-state index contributed by atoms with van der Waals surface area (Å²) in [4.78, 5) is 13.6. The Morgan fingerprint density at radius 1 is 1.41 bits per heavy atom. The van der Waals surface area contributed by atoms with E-state index in [0.29, 0.717) is 24.3 Å². The first-order valence-corrected chi connectivity index (χ1v) is 5.43. The second kappa shape index (κ2) is 6.66. The van der Waals surface area contributed by atoms with Crippen molar-refractivity contribution in [3.05, 3.63) is 35.4 Å². The molecule has 1 rings (SSSR count). The smallest absolute Gasteiger partial charge is 0.253 e. The summed E-state index contributed by atoms with van der Waals surface area (Å²) in [5, 5.41) is 8.66. The van der Waals surface area contributed by atoms with Crippen LogP contribution in [0.3, 0.4) is 0 Å². The largest absolute Gasteiger partial charge is 0.385 e. The van der Waals surface area contributed by atoms with Crippen molar-refractivity contribution in [2.45, 2.75) is 6.42 Å². The van der Waals surface area contributed by atoms with E-state index in [-0.39, 0.29) is 5.91 Å². The van der Waals surface area contributed by atoms with E-state index in [1.807, 2.05) is 6.07 Å². The summed E-state index contributed by atoms with van der Waals surface area (Å²) in [5.41, 5.74) is 1.16. The van der Waals surface area contributed by atoms with Gasteiger partial charge >= 0.3 is 0 Å². The summed E-state index contributed by atoms with van der Waals surface area (Å²) in [6, 6.07) is 8.67. The molecular formula is C13H16N2O2. The van der Waals surface area contributed by atoms with Gasteiger partial charge < -0.3 is 9.64 Å². The van der Waals surface area contributed by atoms with Crippen LogP contribution in [0.4, 0.5) is 0 Å². The summed E-state index contributed by atoms with van der Waals surface area (Å²) in [6.07, 6.45) is 0.815. The Morgan fingerprint density at radius 3 is 2.59 bits per heavy atom. The normalized spacial score (nSPS) is 9.71. The highest BCUT2D eigenvalue weighted by molar-refractivity contribution is 5.94. The van der Waals surface area contributed by atoms with Crippen molar-refractivity contribution in [3.63, 3.8) is 0 Å². The minimum absolute atomic E-state index is 0.0365. The molecule has 4 heteroatoms. The van der Waals surface area contributed by atoms with Crippen molar-refractivity contribution >= 4 is 5.91 Å². The van der Waals surface area contributed by atoms with Gasteiger partial charge in [0.25, 0.3) is 5.91 Å². The van der Waals surface area contributed by atoms with Gasteiger partial charge in [-0.2, -0.15) is 5.26 Å². The van der Waals surface area contributed by atoms with E-state index in [2.05, 4.69) is 0 Å². The molecule has 0 spiro atoms. The van der Waals surface area contributed by atoms with Crippen LogP contribution in [-0.4, -0.2) is 38.1 Å². The number of hydrogen-bond donors (Lipinski definition) is 0. The van der Waals surface area contributed by atoms with Gasteiger partial charge in [-0.25, -0.2) is 0 Å². The third-order valence-corrected chi connectivity index (χ3v) is 2.45. The third-order valence-electron chi connectivity index (χ3n) is 2.45. The number of carbonyl (C=O) groups excluding carboxylic acids is 1. The van der Waals surface area contributed by atoms with Gasteiger partial charge in [-0.15, -0.1) is 0 Å². The quantitative estimate of drug-likeness (QED) is 0.725. The number of nitrogens with zero attached hydrogens (tertiary/aromatic N) is 2. The predicted octanol–water partition coefficient (Wildman–Crippen LogP) is 1.67. The number of carbonyl (C=O) groups is 1. The summed E-state index contributed by atoms with van der Waals surface area (Å²) in [5.74, 6) is -0.0365. The Hall–Kier alpha value is -1.86. The third kappa shape index (κ3) is 3.89. The molecule has 17 heavy (non-hydrogen) atoms. The zero-order valence-electron chi connectivity index (χ0n) is 10.1. The summed E-state index contributed by atoms with van der Waals surface area (Å²) < 4.78 is 4.93. The average Bonchev–Trinajstić information content (AvgIpc) is 2.38. The maximum absolute atomic E-state index is 11.9. The van der Waals surface area contributed by atoms with Gasteiger partial charge in [-0.1, -0.05) is 0 Å². The van der Waals surface area contributed by atoms with Crippen LogP contribution >= 0.6 is 0 Å². The van der Waals surface area contributed by atoms with Gasteiger partial charge in [-0.05, 0) is 30.7 Å². The Morgan fingerprint density at radius 2 is 2.06 bits per heavy atom. The molecule has 1 amide bonds. The Balaban J connectivity index is 2.59. The number of ether oxygens (including phenoxy) is 1. The molecular weight excluding hydrogens is 216 g/mol. The molecule has 0 saturated carbocycles. The molecule has 4 nitrogen and oxygen atoms in total. The molecule has 0 N–H and O–H groups in total. The first-order chi connectivity index (χ1) is 8.19. The molecule has 90 valence electrons. The molecule has 0 bridgehead atoms. The number of nitriles is 1. The number of rotatable bonds is 5. The van der Waals surface area contributed by atoms with Gasteiger partial charge in [0.1, 0.15) is 0 Å². The van der Waals surface area contributed by atoms with E-state index in [1.165, 1.54) is 0 Å². The number of methoxy groups -OCH3 is 1. The Bertz CT molecular complexity index is 406. The zero-order valence-corrected chi connectivity index (χ0v) is 10.1. The minimum atomic E-state index is -0.0365. The first kappa shape index (κ1) is 13.2. The van der Waals surface area contributed by atoms with Crippen LogP contribution in [0.1, 0.15) is 22.3 Å². The van der Waals surface area contributed by atoms with Gasteiger partial charge in [0.15, 0.2) is 0 Å². The fraction of sp³-hybridized carbons (Fsp3) is 0.385. The molecule has 1 aromatic carbocycles. The van der Waals surface area contributed by atoms with Crippen molar-refractivity contribution in [3.8, 4) is 6.07 Å². The van der Waals surface area contributed by atoms with Gasteiger partial charge in [-0.3, -0.25) is 4.79 Å². The summed E-state index contributed by atoms with van der Waals surface area (Å²) in [6.45, 7) is 1.30. The first-order valence-electron chi connectivity index (χ1n) is 5.43. The summed E-state index contributed by atoms with van der Waals surface area (Å²) >= 11 is 0. The van der Waals surface area contributed by atoms with Crippen LogP contribution in [0.15, 0.2) is 24.3 Å². The molecule has 0 aliphatic rings. The number of benzene rings is 1. The van der Waals surface area contributed by atoms with E-state index >= 15 is 0 Å². The maximum atomic E-state index is 11.9. The molecule has 0 unspecified atom stereocenters. The van der Waals surface area contributed by atoms with E-state index < -0.39 is 0 Å². The standard InChI is InChI=1S/C13H16N2O2/c1-15(8-3-9-17-2)13(16)12-6-4-11(10-14)5-7-12/h4-7H,3,8-9H2,1-2H3. The van der Waals surface area contributed by atoms with Crippen molar-refractivity contribution in [2.75, 3.05) is 27.3 Å². The van der Waals surface area contributed by atoms with Crippen LogP contribution in [-0.2, 0) is 4.74 Å². The van der Waals surface area contributed by atoms with Crippen molar-refractivity contribution in [1.29, 1.82) is 5.26 Å². The van der Waals surface area contributed by atoms with Crippen LogP contribution < -0.4 is 0 Å². The lowest BCUT2D eigenvalue weighted by atomic mass is 10.1. The fourth-order valence-electron chi connectivity index (χ4n) is 1.46. The molecule has 0 aliphatic heterocycles. The van der Waals surface area contributed by atoms with Crippen molar-refractivity contribution in [2.24, 2.45) is 0 Å². The maximum Gasteiger partial charge on any atom is 0.253 e. The SMILES string of the molecule is COCCCN(C)C(=O)c1ccc(C#N)cc1. The topological polar surface area (TPSA) is 53.3 Å². The zero-order chi connectivity index (χ0) is 12.7. The van der Waals surface area contributed by atoms with Crippen LogP contribution in [0.2, 0.25) is 0 Å². The monoisotopic (exact) mass is 232 g/mol. The molecule has 0 saturated heterocycles. The van der Waals surface area contributed by atoms with Crippen LogP contribution in [0, 0.1) is 11.3 Å². The highest BCUT2D eigenvalue weighted by Gasteiger charge is 2.10. The lowest BCUT2D eigenvalue weighted by Gasteiger charge is -2.16. The van der Waals surface area contributed by atoms with Crippen molar-refractivity contribution < 1.29 is 9.53 Å². The average molecular weight is 232 g/mol. The van der Waals surface area contributed by atoms with Gasteiger partial charge in [0.05, 0.1) is 11.6 Å². The van der Waals surface area contributed by atoms with Gasteiger partial charge in [0, 0.05) is 32.9 Å². The lowest BCUT2D eigenvalue weighted by molar-refractivity contribution is 0.0779. The Kier molecular flexibility index (Phi) is 5.18. The van der Waals surface area contributed by atoms with Gasteiger partial charge in [0.2, 0.25) is 0 Å². The number of amides is 1. The van der Waals surface area contributed by atoms with E-state index in [4.69, 9.17) is 10.00 Å². The molecule has 0 aromatic heterocycles. The molecule has 0 aliphatic carbocycles. The predicted molar refractivity (Wildman–Crippen MR) is 64.6 cm³/mol. The van der Waals surface area contributed by atoms with E-state index in [1.54, 1.807) is 43.3 Å². The van der Waals surface area contributed by atoms with E-state index in [0.717, 1.165) is 6.42 Å². The molecule has 0 radical (unpaired) electrons. The second-order valence-electron chi connectivity index (χ2n) is 3.76. The minimum Gasteiger partial charge on any atom is -0.385 e. The van der Waals surface area contributed by atoms with Crippen molar-refractivity contribution in [1.82, 2.24) is 4.90 Å². The highest BCUT2D eigenvalue weighted by Crippen LogP contribution is 2.06. The molecule has 1 aromatic rings.